The Labute approximate surface area is 115 Å². The highest BCUT2D eigenvalue weighted by molar-refractivity contribution is 6.28. The number of nitro groups is 1. The van der Waals surface area contributed by atoms with Crippen LogP contribution in [0.1, 0.15) is 5.69 Å². The van der Waals surface area contributed by atoms with Crippen LogP contribution in [0.5, 0.6) is 0 Å². The molecule has 1 heterocycles. The number of aliphatic hydroxyl groups excluding tert-OH is 1. The molecule has 0 spiro atoms. The van der Waals surface area contributed by atoms with E-state index in [-0.39, 0.29) is 35.6 Å². The van der Waals surface area contributed by atoms with Gasteiger partial charge >= 0.3 is 5.69 Å². The van der Waals surface area contributed by atoms with Crippen LogP contribution in [-0.2, 0) is 4.74 Å². The largest absolute Gasteiger partial charge is 0.395 e. The summed E-state index contributed by atoms with van der Waals surface area (Å²) in [6, 6.07) is 0. The first kappa shape index (κ1) is 15.5. The minimum absolute atomic E-state index is 0.0709. The number of ether oxygens (including phenoxy) is 1. The molecule has 1 N–H and O–H groups in total. The van der Waals surface area contributed by atoms with Crippen LogP contribution in [0.4, 0.5) is 11.5 Å². The lowest BCUT2D eigenvalue weighted by molar-refractivity contribution is -0.385. The Bertz CT molecular complexity index is 457. The summed E-state index contributed by atoms with van der Waals surface area (Å²) in [6.45, 7) is 2.21. The topological polar surface area (TPSA) is 102 Å². The average Bonchev–Trinajstić information content (AvgIpc) is 2.32. The first-order chi connectivity index (χ1) is 9.01. The molecule has 8 nitrogen and oxygen atoms in total. The number of anilines is 1. The standard InChI is InChI=1S/C10H15ClN4O4/c1-7-8(15(17)18)9(13-10(11)12-7)14(3-5-16)4-6-19-2/h16H,3-6H2,1-2H3. The van der Waals surface area contributed by atoms with Crippen molar-refractivity contribution in [1.29, 1.82) is 0 Å². The number of hydrogen-bond acceptors (Lipinski definition) is 7. The van der Waals surface area contributed by atoms with Gasteiger partial charge in [-0.2, -0.15) is 4.98 Å². The lowest BCUT2D eigenvalue weighted by Crippen LogP contribution is -2.32. The van der Waals surface area contributed by atoms with Crippen molar-refractivity contribution < 1.29 is 14.8 Å². The maximum atomic E-state index is 11.1. The highest BCUT2D eigenvalue weighted by Crippen LogP contribution is 2.29. The molecule has 0 saturated heterocycles. The number of hydrogen-bond donors (Lipinski definition) is 1. The van der Waals surface area contributed by atoms with E-state index < -0.39 is 4.92 Å². The van der Waals surface area contributed by atoms with E-state index in [2.05, 4.69) is 9.97 Å². The Morgan fingerprint density at radius 2 is 2.16 bits per heavy atom. The lowest BCUT2D eigenvalue weighted by Gasteiger charge is -2.22. The molecule has 0 fully saturated rings. The Morgan fingerprint density at radius 3 is 2.68 bits per heavy atom. The average molecular weight is 291 g/mol. The molecule has 1 rings (SSSR count). The monoisotopic (exact) mass is 290 g/mol. The quantitative estimate of drug-likeness (QED) is 0.450. The van der Waals surface area contributed by atoms with E-state index in [9.17, 15) is 10.1 Å². The molecule has 0 aliphatic rings. The molecule has 0 bridgehead atoms. The molecule has 0 atom stereocenters. The maximum absolute atomic E-state index is 11.1. The van der Waals surface area contributed by atoms with Gasteiger partial charge in [0, 0.05) is 20.2 Å². The van der Waals surface area contributed by atoms with Crippen LogP contribution < -0.4 is 4.90 Å². The fraction of sp³-hybridized carbons (Fsp3) is 0.600. The molecule has 106 valence electrons. The number of methoxy groups -OCH3 is 1. The smallest absolute Gasteiger partial charge is 0.332 e. The number of aromatic nitrogens is 2. The van der Waals surface area contributed by atoms with Crippen molar-refractivity contribution in [1.82, 2.24) is 9.97 Å². The summed E-state index contributed by atoms with van der Waals surface area (Å²) in [7, 11) is 1.52. The lowest BCUT2D eigenvalue weighted by atomic mass is 10.3. The van der Waals surface area contributed by atoms with E-state index in [0.29, 0.717) is 13.2 Å². The zero-order valence-corrected chi connectivity index (χ0v) is 11.4. The van der Waals surface area contributed by atoms with Crippen LogP contribution >= 0.6 is 11.6 Å². The van der Waals surface area contributed by atoms with Crippen LogP contribution in [0.3, 0.4) is 0 Å². The van der Waals surface area contributed by atoms with Gasteiger partial charge in [0.2, 0.25) is 11.1 Å². The van der Waals surface area contributed by atoms with E-state index in [1.165, 1.54) is 14.0 Å². The molecule has 1 aromatic heterocycles. The fourth-order valence-corrected chi connectivity index (χ4v) is 1.81. The molecule has 0 aromatic carbocycles. The molecule has 0 unspecified atom stereocenters. The Hall–Kier alpha value is -1.51. The molecule has 0 radical (unpaired) electrons. The zero-order valence-electron chi connectivity index (χ0n) is 10.7. The van der Waals surface area contributed by atoms with Crippen molar-refractivity contribution in [2.45, 2.75) is 6.92 Å². The summed E-state index contributed by atoms with van der Waals surface area (Å²) >= 11 is 5.74. The predicted molar refractivity (Wildman–Crippen MR) is 69.6 cm³/mol. The number of halogens is 1. The van der Waals surface area contributed by atoms with Crippen molar-refractivity contribution in [2.75, 3.05) is 38.3 Å². The third-order valence-corrected chi connectivity index (χ3v) is 2.60. The highest BCUT2D eigenvalue weighted by Gasteiger charge is 2.25. The Kier molecular flexibility index (Phi) is 5.87. The molecule has 0 saturated carbocycles. The van der Waals surface area contributed by atoms with Gasteiger partial charge in [-0.3, -0.25) is 10.1 Å². The number of rotatable bonds is 7. The number of nitrogens with zero attached hydrogens (tertiary/aromatic N) is 4. The van der Waals surface area contributed by atoms with Gasteiger partial charge in [0.15, 0.2) is 0 Å². The van der Waals surface area contributed by atoms with Crippen LogP contribution in [0.15, 0.2) is 0 Å². The third kappa shape index (κ3) is 3.98. The summed E-state index contributed by atoms with van der Waals surface area (Å²) < 4.78 is 4.93. The predicted octanol–water partition coefficient (Wildman–Crippen LogP) is 0.792. The second-order valence-corrected chi connectivity index (χ2v) is 4.05. The molecular weight excluding hydrogens is 276 g/mol. The van der Waals surface area contributed by atoms with E-state index >= 15 is 0 Å². The first-order valence-electron chi connectivity index (χ1n) is 5.54. The van der Waals surface area contributed by atoms with Crippen LogP contribution in [0, 0.1) is 17.0 Å². The molecule has 9 heteroatoms. The zero-order chi connectivity index (χ0) is 14.4. The van der Waals surface area contributed by atoms with Gasteiger partial charge in [0.25, 0.3) is 0 Å². The summed E-state index contributed by atoms with van der Waals surface area (Å²) in [4.78, 5) is 19.8. The number of aliphatic hydroxyl groups is 1. The van der Waals surface area contributed by atoms with E-state index in [0.717, 1.165) is 0 Å². The van der Waals surface area contributed by atoms with Crippen LogP contribution in [0.25, 0.3) is 0 Å². The fourth-order valence-electron chi connectivity index (χ4n) is 1.60. The molecule has 1 aromatic rings. The first-order valence-corrected chi connectivity index (χ1v) is 5.92. The van der Waals surface area contributed by atoms with Gasteiger partial charge in [-0.05, 0) is 18.5 Å². The molecule has 19 heavy (non-hydrogen) atoms. The Morgan fingerprint density at radius 1 is 1.47 bits per heavy atom. The van der Waals surface area contributed by atoms with Crippen molar-refractivity contribution in [2.24, 2.45) is 0 Å². The van der Waals surface area contributed by atoms with E-state index in [1.807, 2.05) is 0 Å². The van der Waals surface area contributed by atoms with Gasteiger partial charge in [-0.1, -0.05) is 0 Å². The Balaban J connectivity index is 3.22. The van der Waals surface area contributed by atoms with Crippen molar-refractivity contribution in [3.63, 3.8) is 0 Å². The summed E-state index contributed by atoms with van der Waals surface area (Å²) in [5, 5.41) is 20.1. The summed E-state index contributed by atoms with van der Waals surface area (Å²) in [5.41, 5.74) is -0.0330. The molecule has 0 amide bonds. The normalized spacial score (nSPS) is 10.5. The maximum Gasteiger partial charge on any atom is 0.332 e. The molecular formula is C10H15ClN4O4. The van der Waals surface area contributed by atoms with Crippen molar-refractivity contribution in [3.8, 4) is 0 Å². The SMILES string of the molecule is COCCN(CCO)c1nc(Cl)nc(C)c1[N+](=O)[O-]. The van der Waals surface area contributed by atoms with Crippen molar-refractivity contribution in [3.05, 3.63) is 21.1 Å². The van der Waals surface area contributed by atoms with Gasteiger partial charge < -0.3 is 14.7 Å². The van der Waals surface area contributed by atoms with Crippen LogP contribution in [0.2, 0.25) is 5.28 Å². The van der Waals surface area contributed by atoms with Gasteiger partial charge in [0.05, 0.1) is 18.1 Å². The van der Waals surface area contributed by atoms with E-state index in [1.54, 1.807) is 4.90 Å². The molecule has 0 aliphatic carbocycles. The highest BCUT2D eigenvalue weighted by atomic mass is 35.5. The van der Waals surface area contributed by atoms with Crippen LogP contribution in [-0.4, -0.2) is 53.4 Å². The van der Waals surface area contributed by atoms with Gasteiger partial charge in [-0.25, -0.2) is 4.98 Å². The van der Waals surface area contributed by atoms with Crippen molar-refractivity contribution >= 4 is 23.1 Å². The molecule has 0 aliphatic heterocycles. The van der Waals surface area contributed by atoms with E-state index in [4.69, 9.17) is 21.4 Å². The minimum atomic E-state index is -0.557. The van der Waals surface area contributed by atoms with Gasteiger partial charge in [0.1, 0.15) is 5.69 Å². The second kappa shape index (κ2) is 7.17. The summed E-state index contributed by atoms with van der Waals surface area (Å²) in [5.74, 6) is 0.0913. The minimum Gasteiger partial charge on any atom is -0.395 e. The number of aryl methyl sites for hydroxylation is 1. The second-order valence-electron chi connectivity index (χ2n) is 3.71. The third-order valence-electron chi connectivity index (χ3n) is 2.43. The van der Waals surface area contributed by atoms with Gasteiger partial charge in [-0.15, -0.1) is 0 Å². The summed E-state index contributed by atoms with van der Waals surface area (Å²) in [6.07, 6.45) is 0.